The van der Waals surface area contributed by atoms with E-state index in [0.29, 0.717) is 40.3 Å². The zero-order valence-electron chi connectivity index (χ0n) is 16.4. The first-order valence-electron chi connectivity index (χ1n) is 8.76. The van der Waals surface area contributed by atoms with E-state index in [2.05, 4.69) is 9.98 Å². The van der Waals surface area contributed by atoms with Gasteiger partial charge in [-0.2, -0.15) is 0 Å². The molecule has 0 N–H and O–H groups in total. The first kappa shape index (κ1) is 19.4. The molecule has 6 nitrogen and oxygen atoms in total. The van der Waals surface area contributed by atoms with Crippen LogP contribution in [0, 0.1) is 0 Å². The fraction of sp³-hybridized carbons (Fsp3) is 0.227. The van der Waals surface area contributed by atoms with E-state index in [4.69, 9.17) is 14.2 Å². The molecule has 1 heterocycles. The number of ketones is 1. The molecule has 2 aromatic carbocycles. The van der Waals surface area contributed by atoms with Crippen LogP contribution in [0.25, 0.3) is 10.8 Å². The van der Waals surface area contributed by atoms with Crippen molar-refractivity contribution in [2.75, 3.05) is 28.4 Å². The Morgan fingerprint density at radius 2 is 1.75 bits per heavy atom. The Labute approximate surface area is 163 Å². The van der Waals surface area contributed by atoms with E-state index in [0.717, 1.165) is 10.9 Å². The molecule has 0 radical (unpaired) electrons. The molecular formula is C22H22N2O4. The Hall–Kier alpha value is -3.41. The molecule has 0 aliphatic heterocycles. The number of methoxy groups -OCH3 is 3. The van der Waals surface area contributed by atoms with Gasteiger partial charge in [-0.1, -0.05) is 12.1 Å². The highest BCUT2D eigenvalue weighted by Crippen LogP contribution is 2.35. The van der Waals surface area contributed by atoms with Gasteiger partial charge in [-0.25, -0.2) is 0 Å². The van der Waals surface area contributed by atoms with E-state index < -0.39 is 0 Å². The smallest absolute Gasteiger partial charge is 0.212 e. The summed E-state index contributed by atoms with van der Waals surface area (Å²) in [6.45, 7) is 0. The van der Waals surface area contributed by atoms with Crippen LogP contribution in [0.3, 0.4) is 0 Å². The van der Waals surface area contributed by atoms with Crippen LogP contribution in [-0.2, 0) is 6.42 Å². The number of carbonyl (C=O) groups excluding carboxylic acids is 1. The molecule has 0 saturated carbocycles. The topological polar surface area (TPSA) is 70.0 Å². The molecule has 3 rings (SSSR count). The summed E-state index contributed by atoms with van der Waals surface area (Å²) in [5, 5.41) is 1.58. The van der Waals surface area contributed by atoms with Gasteiger partial charge in [0.05, 0.1) is 21.3 Å². The average molecular weight is 378 g/mol. The van der Waals surface area contributed by atoms with Crippen molar-refractivity contribution in [2.45, 2.75) is 6.42 Å². The first-order chi connectivity index (χ1) is 13.6. The molecule has 1 aromatic heterocycles. The second kappa shape index (κ2) is 8.52. The van der Waals surface area contributed by atoms with Gasteiger partial charge >= 0.3 is 0 Å². The highest BCUT2D eigenvalue weighted by Gasteiger charge is 2.19. The van der Waals surface area contributed by atoms with Crippen molar-refractivity contribution in [2.24, 2.45) is 4.99 Å². The van der Waals surface area contributed by atoms with Gasteiger partial charge in [0.25, 0.3) is 0 Å². The number of aromatic nitrogens is 1. The summed E-state index contributed by atoms with van der Waals surface area (Å²) in [4.78, 5) is 21.7. The lowest BCUT2D eigenvalue weighted by molar-refractivity contribution is 0.103. The lowest BCUT2D eigenvalue weighted by Crippen LogP contribution is -2.07. The Kier molecular flexibility index (Phi) is 5.89. The Morgan fingerprint density at radius 3 is 2.39 bits per heavy atom. The summed E-state index contributed by atoms with van der Waals surface area (Å²) in [5.74, 6) is 1.56. The number of fused-ring (bicyclic) bond motifs is 1. The molecule has 0 aliphatic rings. The third-order valence-corrected chi connectivity index (χ3v) is 4.52. The Balaban J connectivity index is 2.23. The second-order valence-electron chi connectivity index (χ2n) is 6.09. The van der Waals surface area contributed by atoms with Crippen LogP contribution in [-0.4, -0.2) is 45.4 Å². The molecule has 0 unspecified atom stereocenters. The highest BCUT2D eigenvalue weighted by molar-refractivity contribution is 6.16. The molecular weight excluding hydrogens is 356 g/mol. The van der Waals surface area contributed by atoms with Crippen molar-refractivity contribution in [3.05, 3.63) is 59.4 Å². The van der Waals surface area contributed by atoms with Crippen LogP contribution in [0.4, 0.5) is 0 Å². The van der Waals surface area contributed by atoms with Crippen LogP contribution < -0.4 is 14.2 Å². The molecule has 0 spiro atoms. The number of nitrogens with zero attached hydrogens (tertiary/aromatic N) is 2. The SMILES string of the molecule is CN=CCc1cnc(C(=O)c2cccc(OC)c2)c2cc(OC)c(OC)cc12. The number of carbonyl (C=O) groups is 1. The quantitative estimate of drug-likeness (QED) is 0.463. The highest BCUT2D eigenvalue weighted by atomic mass is 16.5. The standard InChI is InChI=1S/C22H22N2O4/c1-23-9-8-15-13-24-21(22(25)14-6-5-7-16(10-14)26-2)18-12-20(28-4)19(27-3)11-17(15)18/h5-7,9-13H,8H2,1-4H3. The van der Waals surface area contributed by atoms with Crippen molar-refractivity contribution in [1.29, 1.82) is 0 Å². The average Bonchev–Trinajstić information content (AvgIpc) is 2.75. The lowest BCUT2D eigenvalue weighted by Gasteiger charge is -2.14. The maximum Gasteiger partial charge on any atom is 0.212 e. The summed E-state index contributed by atoms with van der Waals surface area (Å²) in [6.07, 6.45) is 4.11. The summed E-state index contributed by atoms with van der Waals surface area (Å²) in [6, 6.07) is 10.7. The van der Waals surface area contributed by atoms with Gasteiger partial charge in [-0.3, -0.25) is 9.78 Å². The number of hydrogen-bond donors (Lipinski definition) is 0. The van der Waals surface area contributed by atoms with Crippen LogP contribution in [0.2, 0.25) is 0 Å². The van der Waals surface area contributed by atoms with E-state index in [-0.39, 0.29) is 5.78 Å². The largest absolute Gasteiger partial charge is 0.497 e. The van der Waals surface area contributed by atoms with Gasteiger partial charge < -0.3 is 19.2 Å². The van der Waals surface area contributed by atoms with Gasteiger partial charge in [0.1, 0.15) is 11.4 Å². The van der Waals surface area contributed by atoms with Crippen molar-refractivity contribution in [1.82, 2.24) is 4.98 Å². The van der Waals surface area contributed by atoms with E-state index in [1.165, 1.54) is 0 Å². The second-order valence-corrected chi connectivity index (χ2v) is 6.09. The molecule has 6 heteroatoms. The molecule has 144 valence electrons. The summed E-state index contributed by atoms with van der Waals surface area (Å²) in [7, 11) is 6.44. The van der Waals surface area contributed by atoms with Crippen LogP contribution in [0.1, 0.15) is 21.6 Å². The van der Waals surface area contributed by atoms with E-state index in [1.54, 1.807) is 71.1 Å². The van der Waals surface area contributed by atoms with Gasteiger partial charge in [-0.15, -0.1) is 0 Å². The maximum atomic E-state index is 13.2. The van der Waals surface area contributed by atoms with Crippen LogP contribution >= 0.6 is 0 Å². The molecule has 0 amide bonds. The maximum absolute atomic E-state index is 13.2. The van der Waals surface area contributed by atoms with Crippen molar-refractivity contribution in [3.8, 4) is 17.2 Å². The summed E-state index contributed by atoms with van der Waals surface area (Å²) < 4.78 is 16.1. The third kappa shape index (κ3) is 3.67. The number of hydrogen-bond acceptors (Lipinski definition) is 6. The zero-order valence-corrected chi connectivity index (χ0v) is 16.4. The van der Waals surface area contributed by atoms with E-state index >= 15 is 0 Å². The Bertz CT molecular complexity index is 1040. The van der Waals surface area contributed by atoms with Crippen molar-refractivity contribution < 1.29 is 19.0 Å². The number of ether oxygens (including phenoxy) is 3. The molecule has 28 heavy (non-hydrogen) atoms. The predicted molar refractivity (Wildman–Crippen MR) is 109 cm³/mol. The normalized spacial score (nSPS) is 11.0. The van der Waals surface area contributed by atoms with Gasteiger partial charge in [0.2, 0.25) is 5.78 Å². The fourth-order valence-electron chi connectivity index (χ4n) is 3.06. The predicted octanol–water partition coefficient (Wildman–Crippen LogP) is 3.73. The van der Waals surface area contributed by atoms with Crippen molar-refractivity contribution >= 4 is 22.8 Å². The monoisotopic (exact) mass is 378 g/mol. The van der Waals surface area contributed by atoms with Gasteiger partial charge in [-0.05, 0) is 35.2 Å². The minimum absolute atomic E-state index is 0.188. The fourth-order valence-corrected chi connectivity index (χ4v) is 3.06. The number of aliphatic imine (C=N–C) groups is 1. The number of pyridine rings is 1. The summed E-state index contributed by atoms with van der Waals surface area (Å²) in [5.41, 5.74) is 1.80. The molecule has 0 aliphatic carbocycles. The van der Waals surface area contributed by atoms with Gasteiger partial charge in [0, 0.05) is 36.8 Å². The first-order valence-corrected chi connectivity index (χ1v) is 8.76. The Morgan fingerprint density at radius 1 is 1.04 bits per heavy atom. The molecule has 0 saturated heterocycles. The lowest BCUT2D eigenvalue weighted by atomic mass is 9.98. The van der Waals surface area contributed by atoms with Crippen molar-refractivity contribution in [3.63, 3.8) is 0 Å². The van der Waals surface area contributed by atoms with Crippen LogP contribution in [0.5, 0.6) is 17.2 Å². The molecule has 0 atom stereocenters. The molecule has 0 bridgehead atoms. The minimum Gasteiger partial charge on any atom is -0.497 e. The van der Waals surface area contributed by atoms with Crippen LogP contribution in [0.15, 0.2) is 47.6 Å². The van der Waals surface area contributed by atoms with E-state index in [1.807, 2.05) is 6.07 Å². The van der Waals surface area contributed by atoms with E-state index in [9.17, 15) is 4.79 Å². The third-order valence-electron chi connectivity index (χ3n) is 4.52. The van der Waals surface area contributed by atoms with Gasteiger partial charge in [0.15, 0.2) is 11.5 Å². The zero-order chi connectivity index (χ0) is 20.1. The number of benzene rings is 2. The number of rotatable bonds is 7. The molecule has 3 aromatic rings. The minimum atomic E-state index is -0.188. The molecule has 0 fully saturated rings. The summed E-state index contributed by atoms with van der Waals surface area (Å²) >= 11 is 0.